The first-order valence-corrected chi connectivity index (χ1v) is 26.6. The number of esters is 1. The molecule has 2 N–H and O–H groups in total. The van der Waals surface area contributed by atoms with Gasteiger partial charge in [-0.1, -0.05) is 82.2 Å². The predicted octanol–water partition coefficient (Wildman–Crippen LogP) is 7.66. The molecule has 2 bridgehead atoms. The summed E-state index contributed by atoms with van der Waals surface area (Å²) in [4.78, 5) is 66.2. The van der Waals surface area contributed by atoms with E-state index in [1.807, 2.05) is 89.3 Å². The van der Waals surface area contributed by atoms with Gasteiger partial charge in [0.2, 0.25) is 27.7 Å². The first-order valence-electron chi connectivity index (χ1n) is 25.1. The number of rotatable bonds is 15. The molecule has 374 valence electrons. The third-order valence-corrected chi connectivity index (χ3v) is 18.0. The number of sulfonamides is 1. The van der Waals surface area contributed by atoms with E-state index in [0.29, 0.717) is 56.0 Å². The molecule has 3 aliphatic carbocycles. The van der Waals surface area contributed by atoms with Crippen molar-refractivity contribution >= 4 is 44.5 Å². The van der Waals surface area contributed by atoms with E-state index < -0.39 is 73.3 Å². The number of aromatic nitrogens is 1. The third-order valence-electron chi connectivity index (χ3n) is 15.8. The Morgan fingerprint density at radius 3 is 2.48 bits per heavy atom. The lowest BCUT2D eigenvalue weighted by atomic mass is 9.77. The van der Waals surface area contributed by atoms with E-state index in [9.17, 15) is 27.9 Å². The molecule has 2 amide bonds. The van der Waals surface area contributed by atoms with E-state index in [4.69, 9.17) is 19.2 Å². The van der Waals surface area contributed by atoms with Crippen LogP contribution < -0.4 is 14.2 Å². The number of ketones is 1. The van der Waals surface area contributed by atoms with E-state index in [0.717, 1.165) is 48.6 Å². The molecule has 3 aromatic rings. The average molecular weight is 969 g/mol. The maximum atomic E-state index is 15.0. The van der Waals surface area contributed by atoms with Crippen LogP contribution in [0.1, 0.15) is 129 Å². The maximum Gasteiger partial charge on any atom is 0.306 e. The normalized spacial score (nSPS) is 27.9. The summed E-state index contributed by atoms with van der Waals surface area (Å²) in [5.74, 6) is -1.90. The predicted molar refractivity (Wildman–Crippen MR) is 263 cm³/mol. The molecule has 0 radical (unpaired) electrons. The first kappa shape index (κ1) is 50.5. The molecule has 1 saturated heterocycles. The topological polar surface area (TPSA) is 182 Å². The number of aliphatic hydroxyl groups is 1. The van der Waals surface area contributed by atoms with Crippen LogP contribution in [-0.4, -0.2) is 108 Å². The largest absolute Gasteiger partial charge is 0.492 e. The number of hydrogen-bond donors (Lipinski definition) is 2. The SMILES string of the molecule is C=C[C@@H]1C[C@]1(CC(=O)[C@@H]1C[C@@H]2CN1C(=O)[C@H](C(C)(C)C)CC(=O)O[C@@H]1C[C@H]1CCCCCc1c(nc3ccccc3c1OCCCN(C)C(C)C(O)c1ccccc1)O2)C(=O)NS(=O)(=O)C1(C)CC1. The van der Waals surface area contributed by atoms with Crippen LogP contribution in [0.3, 0.4) is 0 Å². The molecule has 15 heteroatoms. The highest BCUT2D eigenvalue weighted by molar-refractivity contribution is 7.91. The summed E-state index contributed by atoms with van der Waals surface area (Å²) in [5.41, 5.74) is 0.311. The van der Waals surface area contributed by atoms with Crippen molar-refractivity contribution in [3.63, 3.8) is 0 Å². The van der Waals surface area contributed by atoms with Crippen molar-refractivity contribution in [2.75, 3.05) is 26.7 Å². The van der Waals surface area contributed by atoms with E-state index in [2.05, 4.69) is 16.2 Å². The Kier molecular flexibility index (Phi) is 14.7. The van der Waals surface area contributed by atoms with Crippen molar-refractivity contribution < 1.29 is 46.9 Å². The van der Waals surface area contributed by atoms with Gasteiger partial charge < -0.3 is 29.1 Å². The number of hydrogen-bond acceptors (Lipinski definition) is 12. The molecule has 2 unspecified atom stereocenters. The van der Waals surface area contributed by atoms with Gasteiger partial charge in [0.15, 0.2) is 5.78 Å². The van der Waals surface area contributed by atoms with Crippen LogP contribution in [0.2, 0.25) is 0 Å². The minimum atomic E-state index is -3.99. The molecule has 9 atom stereocenters. The molecule has 3 saturated carbocycles. The number of allylic oxidation sites excluding steroid dienone is 1. The standard InChI is InChI=1S/C54H72N4O10S/c1-8-37-31-54(37,51(63)56-69(64,65)53(6)24-25-53)32-44(59)43-29-38-33-58(43)50(62)41(52(3,4)5)30-46(60)68-45-28-36(45)20-13-10-14-22-40-48(39-21-15-16-23-42(39)55-49(40)67-38)66-27-17-26-57(7)34(2)47(61)35-18-11-9-12-19-35/h8-9,11-12,15-16,18-19,21,23,34,36-38,41,43,45,47,61H,1,10,13-14,17,20,22,24-33H2,2-7H3,(H,56,63)/t34?,36-,37-,38-,41-,43+,45-,47?,54-/m1/s1. The first-order chi connectivity index (χ1) is 32.7. The van der Waals surface area contributed by atoms with E-state index >= 15 is 4.79 Å². The number of likely N-dealkylation sites (N-methyl/N-ethyl adjacent to an activating group) is 1. The Morgan fingerprint density at radius 1 is 1.06 bits per heavy atom. The minimum absolute atomic E-state index is 0.0157. The Hall–Kier alpha value is -4.86. The quantitative estimate of drug-likeness (QED) is 0.0864. The Balaban J connectivity index is 1.09. The van der Waals surface area contributed by atoms with Crippen LogP contribution in [-0.2, 0) is 40.4 Å². The highest BCUT2D eigenvalue weighted by atomic mass is 32.2. The number of benzene rings is 2. The number of para-hydroxylation sites is 1. The summed E-state index contributed by atoms with van der Waals surface area (Å²) in [7, 11) is -1.99. The molecule has 1 aromatic heterocycles. The third kappa shape index (κ3) is 11.1. The lowest BCUT2D eigenvalue weighted by molar-refractivity contribution is -0.154. The number of aliphatic hydroxyl groups excluding tert-OH is 1. The summed E-state index contributed by atoms with van der Waals surface area (Å²) >= 11 is 0. The van der Waals surface area contributed by atoms with Crippen LogP contribution >= 0.6 is 0 Å². The fourth-order valence-electron chi connectivity index (χ4n) is 10.4. The zero-order valence-corrected chi connectivity index (χ0v) is 42.1. The molecular formula is C54H72N4O10S. The van der Waals surface area contributed by atoms with Gasteiger partial charge in [0.05, 0.1) is 58.9 Å². The van der Waals surface area contributed by atoms with Crippen LogP contribution in [0, 0.1) is 28.6 Å². The summed E-state index contributed by atoms with van der Waals surface area (Å²) in [6.07, 6.45) is 6.48. The summed E-state index contributed by atoms with van der Waals surface area (Å²) in [6, 6.07) is 16.3. The molecule has 14 nitrogen and oxygen atoms in total. The second-order valence-electron chi connectivity index (χ2n) is 22.0. The Morgan fingerprint density at radius 2 is 1.78 bits per heavy atom. The van der Waals surface area contributed by atoms with E-state index in [1.165, 1.54) is 4.90 Å². The highest BCUT2D eigenvalue weighted by Crippen LogP contribution is 2.57. The number of nitrogens with zero attached hydrogens (tertiary/aromatic N) is 3. The van der Waals surface area contributed by atoms with Crippen molar-refractivity contribution in [2.45, 2.75) is 153 Å². The van der Waals surface area contributed by atoms with Gasteiger partial charge in [-0.15, -0.1) is 6.58 Å². The molecule has 3 heterocycles. The summed E-state index contributed by atoms with van der Waals surface area (Å²) in [5, 5.41) is 12.0. The molecule has 69 heavy (non-hydrogen) atoms. The van der Waals surface area contributed by atoms with Crippen molar-refractivity contribution in [3.8, 4) is 11.6 Å². The summed E-state index contributed by atoms with van der Waals surface area (Å²) in [6.45, 7) is 14.3. The van der Waals surface area contributed by atoms with Gasteiger partial charge in [-0.3, -0.25) is 23.9 Å². The van der Waals surface area contributed by atoms with Gasteiger partial charge in [0, 0.05) is 30.8 Å². The molecule has 5 aliphatic rings. The molecule has 2 aliphatic heterocycles. The van der Waals surface area contributed by atoms with Gasteiger partial charge in [0.25, 0.3) is 0 Å². The van der Waals surface area contributed by atoms with Crippen LogP contribution in [0.4, 0.5) is 0 Å². The Bertz CT molecular complexity index is 2520. The van der Waals surface area contributed by atoms with Gasteiger partial charge in [-0.2, -0.15) is 0 Å². The number of pyridine rings is 1. The highest BCUT2D eigenvalue weighted by Gasteiger charge is 2.62. The molecule has 4 fully saturated rings. The lowest BCUT2D eigenvalue weighted by Gasteiger charge is -2.34. The summed E-state index contributed by atoms with van der Waals surface area (Å²) < 4.78 is 47.4. The van der Waals surface area contributed by atoms with Crippen LogP contribution in [0.15, 0.2) is 67.3 Å². The number of carbonyl (C=O) groups excluding carboxylic acids is 4. The van der Waals surface area contributed by atoms with E-state index in [1.54, 1.807) is 13.0 Å². The average Bonchev–Trinajstić information content (AvgIpc) is 4.28. The van der Waals surface area contributed by atoms with E-state index in [-0.39, 0.29) is 56.2 Å². The zero-order chi connectivity index (χ0) is 49.5. The molecule has 2 aromatic carbocycles. The minimum Gasteiger partial charge on any atom is -0.492 e. The lowest BCUT2D eigenvalue weighted by Crippen LogP contribution is -2.49. The van der Waals surface area contributed by atoms with Crippen molar-refractivity contribution in [1.29, 1.82) is 0 Å². The van der Waals surface area contributed by atoms with Gasteiger partial charge in [-0.05, 0) is 107 Å². The number of amides is 2. The number of ether oxygens (including phenoxy) is 3. The number of carbonyl (C=O) groups is 4. The molecular weight excluding hydrogens is 897 g/mol. The van der Waals surface area contributed by atoms with Crippen molar-refractivity contribution in [1.82, 2.24) is 19.5 Å². The number of Topliss-reactive ketones (excluding diaryl/α,β-unsaturated/α-hetero) is 1. The Labute approximate surface area is 408 Å². The maximum absolute atomic E-state index is 15.0. The fraction of sp³-hybridized carbons (Fsp3) is 0.611. The second-order valence-corrected chi connectivity index (χ2v) is 24.2. The fourth-order valence-corrected chi connectivity index (χ4v) is 11.8. The van der Waals surface area contributed by atoms with Crippen LogP contribution in [0.5, 0.6) is 11.6 Å². The number of nitrogens with one attached hydrogen (secondary N) is 1. The van der Waals surface area contributed by atoms with Gasteiger partial charge in [0.1, 0.15) is 18.0 Å². The second kappa shape index (κ2) is 20.1. The monoisotopic (exact) mass is 968 g/mol. The van der Waals surface area contributed by atoms with Crippen LogP contribution in [0.25, 0.3) is 10.9 Å². The molecule has 0 spiro atoms. The molecule has 8 rings (SSSR count). The van der Waals surface area contributed by atoms with Crippen molar-refractivity contribution in [3.05, 3.63) is 78.4 Å². The van der Waals surface area contributed by atoms with Gasteiger partial charge in [-0.25, -0.2) is 13.4 Å². The van der Waals surface area contributed by atoms with Crippen molar-refractivity contribution in [2.24, 2.45) is 28.6 Å². The smallest absolute Gasteiger partial charge is 0.306 e. The van der Waals surface area contributed by atoms with Gasteiger partial charge >= 0.3 is 5.97 Å². The zero-order valence-electron chi connectivity index (χ0n) is 41.3. The number of fused-ring (bicyclic) bond motifs is 5.